The van der Waals surface area contributed by atoms with Crippen molar-refractivity contribution in [3.05, 3.63) is 24.3 Å². The summed E-state index contributed by atoms with van der Waals surface area (Å²) in [5, 5.41) is 3.43. The smallest absolute Gasteiger partial charge is 0.324 e. The van der Waals surface area contributed by atoms with Gasteiger partial charge in [-0.05, 0) is 56.5 Å². The first-order chi connectivity index (χ1) is 10.2. The molecule has 0 aromatic heterocycles. The van der Waals surface area contributed by atoms with Crippen molar-refractivity contribution >= 4 is 15.0 Å². The zero-order chi connectivity index (χ0) is 15.5. The highest BCUT2D eigenvalue weighted by molar-refractivity contribution is 6.46. The van der Waals surface area contributed by atoms with Crippen LogP contribution in [0.3, 0.4) is 0 Å². The predicted molar refractivity (Wildman–Crippen MR) is 90.5 cm³/mol. The van der Waals surface area contributed by atoms with E-state index in [4.69, 9.17) is 13.6 Å². The number of methoxy groups -OCH3 is 1. The topological polar surface area (TPSA) is 39.7 Å². The molecule has 1 unspecified atom stereocenters. The van der Waals surface area contributed by atoms with Gasteiger partial charge in [0.25, 0.3) is 0 Å². The molecule has 0 bridgehead atoms. The van der Waals surface area contributed by atoms with Crippen LogP contribution in [0.4, 0.5) is 5.69 Å². The first kappa shape index (κ1) is 18.0. The molecule has 1 N–H and O–H groups in total. The summed E-state index contributed by atoms with van der Waals surface area (Å²) in [6.45, 7) is 8.80. The summed E-state index contributed by atoms with van der Waals surface area (Å²) >= 11 is 0. The maximum absolute atomic E-state index is 5.77. The lowest BCUT2D eigenvalue weighted by molar-refractivity contribution is 0.203. The average Bonchev–Trinajstić information content (AvgIpc) is 2.51. The van der Waals surface area contributed by atoms with Crippen molar-refractivity contribution < 1.29 is 13.6 Å². The molecule has 0 heterocycles. The van der Waals surface area contributed by atoms with E-state index in [0.29, 0.717) is 5.54 Å². The van der Waals surface area contributed by atoms with Gasteiger partial charge in [-0.1, -0.05) is 6.92 Å². The van der Waals surface area contributed by atoms with E-state index in [-0.39, 0.29) is 0 Å². The van der Waals surface area contributed by atoms with Crippen molar-refractivity contribution in [1.82, 2.24) is 0 Å². The summed E-state index contributed by atoms with van der Waals surface area (Å²) in [6.07, 6.45) is 2.26. The van der Waals surface area contributed by atoms with Gasteiger partial charge in [0.05, 0.1) is 7.11 Å². The Labute approximate surface area is 130 Å². The molecule has 120 valence electrons. The Morgan fingerprint density at radius 2 is 1.71 bits per heavy atom. The molecular weight excluding hydrogens is 282 g/mol. The second-order valence-electron chi connectivity index (χ2n) is 5.05. The fraction of sp³-hybridized carbons (Fsp3) is 0.625. The Morgan fingerprint density at radius 3 is 2.24 bits per heavy atom. The Bertz CT molecular complexity index is 366. The van der Waals surface area contributed by atoms with E-state index in [2.05, 4.69) is 12.2 Å². The molecule has 0 saturated carbocycles. The molecule has 0 radical (unpaired) electrons. The molecule has 1 aromatic carbocycles. The van der Waals surface area contributed by atoms with Gasteiger partial charge < -0.3 is 18.9 Å². The van der Waals surface area contributed by atoms with E-state index in [1.165, 1.54) is 0 Å². The average molecular weight is 311 g/mol. The van der Waals surface area contributed by atoms with Crippen LogP contribution in [0.5, 0.6) is 5.75 Å². The highest BCUT2D eigenvalue weighted by atomic mass is 28.3. The Hall–Kier alpha value is -1.04. The molecule has 0 aliphatic carbocycles. The minimum atomic E-state index is -1.50. The fourth-order valence-electron chi connectivity index (χ4n) is 2.21. The second-order valence-corrected chi connectivity index (χ2v) is 7.60. The first-order valence-electron chi connectivity index (χ1n) is 7.82. The van der Waals surface area contributed by atoms with Gasteiger partial charge in [-0.15, -0.1) is 0 Å². The Kier molecular flexibility index (Phi) is 9.13. The zero-order valence-corrected chi connectivity index (χ0v) is 14.9. The van der Waals surface area contributed by atoms with Crippen molar-refractivity contribution in [2.24, 2.45) is 0 Å². The molecule has 1 rings (SSSR count). The van der Waals surface area contributed by atoms with Crippen LogP contribution in [0.25, 0.3) is 0 Å². The monoisotopic (exact) mass is 311 g/mol. The van der Waals surface area contributed by atoms with Crippen LogP contribution in [0, 0.1) is 0 Å². The van der Waals surface area contributed by atoms with Crippen molar-refractivity contribution in [2.45, 2.75) is 39.2 Å². The van der Waals surface area contributed by atoms with Crippen LogP contribution in [0.1, 0.15) is 33.6 Å². The number of hydrogen-bond donors (Lipinski definition) is 1. The third-order valence-corrected chi connectivity index (χ3v) is 5.97. The minimum Gasteiger partial charge on any atom is -0.497 e. The summed E-state index contributed by atoms with van der Waals surface area (Å²) in [7, 11) is 0.182. The van der Waals surface area contributed by atoms with Crippen molar-refractivity contribution in [3.63, 3.8) is 0 Å². The third-order valence-electron chi connectivity index (χ3n) is 3.38. The molecule has 21 heavy (non-hydrogen) atoms. The maximum atomic E-state index is 5.77. The van der Waals surface area contributed by atoms with Gasteiger partial charge in [0.1, 0.15) is 5.75 Å². The van der Waals surface area contributed by atoms with Crippen LogP contribution in [0.15, 0.2) is 24.3 Å². The van der Waals surface area contributed by atoms with Gasteiger partial charge in [-0.2, -0.15) is 0 Å². The second kappa shape index (κ2) is 10.7. The summed E-state index contributed by atoms with van der Waals surface area (Å²) in [5.41, 5.74) is 1.68. The Morgan fingerprint density at radius 1 is 1.10 bits per heavy atom. The SMILES string of the molecule is CCO[SiH](OCC)C(C)CCCNc1ccc(OC)cc1. The lowest BCUT2D eigenvalue weighted by atomic mass is 10.2. The van der Waals surface area contributed by atoms with Crippen molar-refractivity contribution in [3.8, 4) is 5.75 Å². The Balaban J connectivity index is 2.25. The van der Waals surface area contributed by atoms with Gasteiger partial charge in [0, 0.05) is 25.4 Å². The molecule has 5 heteroatoms. The third kappa shape index (κ3) is 6.97. The molecule has 4 nitrogen and oxygen atoms in total. The first-order valence-corrected chi connectivity index (χ1v) is 9.43. The van der Waals surface area contributed by atoms with Crippen LogP contribution in [-0.2, 0) is 8.85 Å². The quantitative estimate of drug-likeness (QED) is 0.501. The normalized spacial score (nSPS) is 12.4. The van der Waals surface area contributed by atoms with Crippen LogP contribution in [0.2, 0.25) is 5.54 Å². The number of benzene rings is 1. The van der Waals surface area contributed by atoms with Crippen molar-refractivity contribution in [1.29, 1.82) is 0 Å². The molecule has 0 amide bonds. The van der Waals surface area contributed by atoms with Gasteiger partial charge >= 0.3 is 9.28 Å². The number of anilines is 1. The van der Waals surface area contributed by atoms with Gasteiger partial charge in [0.15, 0.2) is 0 Å². The molecule has 0 aliphatic heterocycles. The van der Waals surface area contributed by atoms with Crippen LogP contribution < -0.4 is 10.1 Å². The fourth-order valence-corrected chi connectivity index (χ4v) is 4.13. The van der Waals surface area contributed by atoms with E-state index >= 15 is 0 Å². The lowest BCUT2D eigenvalue weighted by Gasteiger charge is -2.21. The number of ether oxygens (including phenoxy) is 1. The molecule has 1 atom stereocenters. The zero-order valence-electron chi connectivity index (χ0n) is 13.7. The van der Waals surface area contributed by atoms with Crippen LogP contribution in [-0.4, -0.2) is 36.2 Å². The molecule has 0 saturated heterocycles. The van der Waals surface area contributed by atoms with E-state index in [1.807, 2.05) is 38.1 Å². The minimum absolute atomic E-state index is 0.544. The predicted octanol–water partition coefficient (Wildman–Crippen LogP) is 3.57. The van der Waals surface area contributed by atoms with Gasteiger partial charge in [-0.3, -0.25) is 0 Å². The number of rotatable bonds is 11. The standard InChI is InChI=1S/C16H29NO3Si/c1-5-19-21(20-6-2)14(3)8-7-13-17-15-9-11-16(18-4)12-10-15/h9-12,14,17,21H,5-8,13H2,1-4H3. The number of nitrogens with one attached hydrogen (secondary N) is 1. The van der Waals surface area contributed by atoms with Crippen molar-refractivity contribution in [2.75, 3.05) is 32.2 Å². The molecule has 0 spiro atoms. The van der Waals surface area contributed by atoms with Crippen LogP contribution >= 0.6 is 0 Å². The van der Waals surface area contributed by atoms with Gasteiger partial charge in [-0.25, -0.2) is 0 Å². The summed E-state index contributed by atoms with van der Waals surface area (Å²) in [4.78, 5) is 0. The highest BCUT2D eigenvalue weighted by Crippen LogP contribution is 2.19. The highest BCUT2D eigenvalue weighted by Gasteiger charge is 2.20. The van der Waals surface area contributed by atoms with E-state index < -0.39 is 9.28 Å². The summed E-state index contributed by atoms with van der Waals surface area (Å²) in [6, 6.07) is 8.02. The molecule has 0 aliphatic rings. The lowest BCUT2D eigenvalue weighted by Crippen LogP contribution is -2.28. The van der Waals surface area contributed by atoms with E-state index in [9.17, 15) is 0 Å². The summed E-state index contributed by atoms with van der Waals surface area (Å²) < 4.78 is 16.7. The largest absolute Gasteiger partial charge is 0.497 e. The van der Waals surface area contributed by atoms with E-state index in [1.54, 1.807) is 7.11 Å². The maximum Gasteiger partial charge on any atom is 0.324 e. The van der Waals surface area contributed by atoms with E-state index in [0.717, 1.165) is 44.0 Å². The molecule has 1 aromatic rings. The summed E-state index contributed by atoms with van der Waals surface area (Å²) in [5.74, 6) is 0.886. The van der Waals surface area contributed by atoms with Gasteiger partial charge in [0.2, 0.25) is 0 Å². The number of hydrogen-bond acceptors (Lipinski definition) is 4. The molecule has 0 fully saturated rings. The molecular formula is C16H29NO3Si.